The van der Waals surface area contributed by atoms with E-state index in [1.54, 1.807) is 6.07 Å². The van der Waals surface area contributed by atoms with Crippen LogP contribution in [0.15, 0.2) is 18.2 Å². The predicted molar refractivity (Wildman–Crippen MR) is 82.1 cm³/mol. The van der Waals surface area contributed by atoms with E-state index in [0.29, 0.717) is 11.6 Å². The van der Waals surface area contributed by atoms with Gasteiger partial charge in [-0.05, 0) is 49.8 Å². The third-order valence-electron chi connectivity index (χ3n) is 4.14. The summed E-state index contributed by atoms with van der Waals surface area (Å²) in [4.78, 5) is 2.46. The molecule has 1 aliphatic carbocycles. The molecule has 2 rings (SSSR count). The lowest BCUT2D eigenvalue weighted by Gasteiger charge is -2.36. The molecule has 0 saturated heterocycles. The molecule has 0 atom stereocenters. The van der Waals surface area contributed by atoms with Crippen LogP contribution in [0.4, 0.5) is 10.1 Å². The van der Waals surface area contributed by atoms with Crippen molar-refractivity contribution >= 4 is 22.9 Å². The quantitative estimate of drug-likeness (QED) is 0.860. The lowest BCUT2D eigenvalue weighted by Crippen LogP contribution is -2.36. The Balaban J connectivity index is 2.23. The highest BCUT2D eigenvalue weighted by Gasteiger charge is 2.23. The fourth-order valence-electron chi connectivity index (χ4n) is 2.84. The van der Waals surface area contributed by atoms with E-state index in [1.807, 2.05) is 0 Å². The van der Waals surface area contributed by atoms with Crippen LogP contribution in [0.2, 0.25) is 0 Å². The van der Waals surface area contributed by atoms with Gasteiger partial charge in [0.15, 0.2) is 0 Å². The molecule has 2 nitrogen and oxygen atoms in total. The molecule has 4 heteroatoms. The Morgan fingerprint density at radius 3 is 2.53 bits per heavy atom. The van der Waals surface area contributed by atoms with Crippen molar-refractivity contribution in [3.63, 3.8) is 0 Å². The van der Waals surface area contributed by atoms with Gasteiger partial charge >= 0.3 is 0 Å². The number of hydrogen-bond donors (Lipinski definition) is 1. The Labute approximate surface area is 119 Å². The van der Waals surface area contributed by atoms with Crippen molar-refractivity contribution in [2.45, 2.75) is 38.6 Å². The number of anilines is 1. The maximum Gasteiger partial charge on any atom is 0.124 e. The molecule has 1 aromatic rings. The molecule has 1 saturated carbocycles. The largest absolute Gasteiger partial charge is 0.389 e. The lowest BCUT2D eigenvalue weighted by atomic mass is 9.86. The summed E-state index contributed by atoms with van der Waals surface area (Å²) in [6.45, 7) is 2.30. The van der Waals surface area contributed by atoms with E-state index in [-0.39, 0.29) is 10.8 Å². The van der Waals surface area contributed by atoms with Crippen LogP contribution in [0.25, 0.3) is 0 Å². The van der Waals surface area contributed by atoms with Crippen LogP contribution in [0.5, 0.6) is 0 Å². The first kappa shape index (κ1) is 14.3. The first-order valence-corrected chi connectivity index (χ1v) is 7.22. The van der Waals surface area contributed by atoms with Crippen LogP contribution < -0.4 is 10.6 Å². The van der Waals surface area contributed by atoms with Crippen LogP contribution in [0.3, 0.4) is 0 Å². The van der Waals surface area contributed by atoms with Gasteiger partial charge in [0.1, 0.15) is 10.8 Å². The van der Waals surface area contributed by atoms with E-state index in [0.717, 1.165) is 11.6 Å². The van der Waals surface area contributed by atoms with Crippen molar-refractivity contribution in [1.29, 1.82) is 0 Å². The van der Waals surface area contributed by atoms with Gasteiger partial charge < -0.3 is 10.6 Å². The van der Waals surface area contributed by atoms with Crippen molar-refractivity contribution in [3.05, 3.63) is 29.6 Å². The number of nitrogens with zero attached hydrogens (tertiary/aromatic N) is 1. The highest BCUT2D eigenvalue weighted by atomic mass is 32.1. The van der Waals surface area contributed by atoms with Gasteiger partial charge in [-0.25, -0.2) is 4.39 Å². The second-order valence-electron chi connectivity index (χ2n) is 5.55. The lowest BCUT2D eigenvalue weighted by molar-refractivity contribution is 0.340. The fraction of sp³-hybridized carbons (Fsp3) is 0.533. The number of halogens is 1. The Morgan fingerprint density at radius 1 is 1.32 bits per heavy atom. The summed E-state index contributed by atoms with van der Waals surface area (Å²) in [7, 11) is 2.05. The Hall–Kier alpha value is -1.16. The third kappa shape index (κ3) is 3.24. The Kier molecular flexibility index (Phi) is 4.40. The molecule has 0 heterocycles. The van der Waals surface area contributed by atoms with Gasteiger partial charge in [0.2, 0.25) is 0 Å². The van der Waals surface area contributed by atoms with Crippen LogP contribution >= 0.6 is 12.2 Å². The van der Waals surface area contributed by atoms with Gasteiger partial charge in [-0.1, -0.05) is 19.1 Å². The van der Waals surface area contributed by atoms with Crippen molar-refractivity contribution in [1.82, 2.24) is 0 Å². The molecule has 0 radical (unpaired) electrons. The van der Waals surface area contributed by atoms with Gasteiger partial charge in [0, 0.05) is 24.3 Å². The van der Waals surface area contributed by atoms with Crippen molar-refractivity contribution in [2.75, 3.05) is 11.9 Å². The van der Waals surface area contributed by atoms with E-state index < -0.39 is 0 Å². The summed E-state index contributed by atoms with van der Waals surface area (Å²) in [6, 6.07) is 5.18. The normalized spacial score (nSPS) is 23.1. The molecule has 0 aliphatic heterocycles. The molecular formula is C15H21FN2S. The van der Waals surface area contributed by atoms with Gasteiger partial charge in [0.25, 0.3) is 0 Å². The van der Waals surface area contributed by atoms with Gasteiger partial charge in [-0.3, -0.25) is 0 Å². The number of nitrogens with two attached hydrogens (primary N) is 1. The highest BCUT2D eigenvalue weighted by molar-refractivity contribution is 7.80. The van der Waals surface area contributed by atoms with E-state index in [2.05, 4.69) is 18.9 Å². The van der Waals surface area contributed by atoms with E-state index >= 15 is 0 Å². The number of hydrogen-bond acceptors (Lipinski definition) is 2. The van der Waals surface area contributed by atoms with Crippen LogP contribution in [-0.2, 0) is 0 Å². The summed E-state index contributed by atoms with van der Waals surface area (Å²) in [5.41, 5.74) is 7.28. The predicted octanol–water partition coefficient (Wildman–Crippen LogP) is 3.47. The third-order valence-corrected chi connectivity index (χ3v) is 4.36. The maximum atomic E-state index is 13.3. The number of rotatable bonds is 3. The molecule has 0 unspecified atom stereocenters. The summed E-state index contributed by atoms with van der Waals surface area (Å²) in [5, 5.41) is 0. The SMILES string of the molecule is CC1CCC(N(C)c2ccc(F)cc2C(N)=S)CC1. The molecule has 104 valence electrons. The zero-order chi connectivity index (χ0) is 14.0. The molecule has 2 N–H and O–H groups in total. The Bertz CT molecular complexity index is 467. The van der Waals surface area contributed by atoms with Crippen LogP contribution in [0, 0.1) is 11.7 Å². The molecule has 1 aromatic carbocycles. The molecule has 0 aromatic heterocycles. The number of thiocarbonyl (C=S) groups is 1. The number of benzene rings is 1. The van der Waals surface area contributed by atoms with Crippen molar-refractivity contribution < 1.29 is 4.39 Å². The van der Waals surface area contributed by atoms with E-state index in [4.69, 9.17) is 18.0 Å². The van der Waals surface area contributed by atoms with Crippen molar-refractivity contribution in [3.8, 4) is 0 Å². The van der Waals surface area contributed by atoms with Crippen molar-refractivity contribution in [2.24, 2.45) is 11.7 Å². The van der Waals surface area contributed by atoms with Crippen LogP contribution in [-0.4, -0.2) is 18.1 Å². The second-order valence-corrected chi connectivity index (χ2v) is 5.99. The monoisotopic (exact) mass is 280 g/mol. The molecular weight excluding hydrogens is 259 g/mol. The minimum Gasteiger partial charge on any atom is -0.389 e. The smallest absolute Gasteiger partial charge is 0.124 e. The standard InChI is InChI=1S/C15H21FN2S/c1-10-3-6-12(7-4-10)18(2)14-8-5-11(16)9-13(14)15(17)19/h5,8-10,12H,3-4,6-7H2,1-2H3,(H2,17,19). The van der Waals surface area contributed by atoms with Gasteiger partial charge in [-0.15, -0.1) is 0 Å². The molecule has 1 aliphatic rings. The first-order valence-electron chi connectivity index (χ1n) is 6.81. The van der Waals surface area contributed by atoms with Gasteiger partial charge in [0.05, 0.1) is 0 Å². The first-order chi connectivity index (χ1) is 8.99. The van der Waals surface area contributed by atoms with E-state index in [1.165, 1.54) is 37.8 Å². The maximum absolute atomic E-state index is 13.3. The molecule has 0 bridgehead atoms. The summed E-state index contributed by atoms with van der Waals surface area (Å²) < 4.78 is 13.3. The summed E-state index contributed by atoms with van der Waals surface area (Å²) in [6.07, 6.45) is 4.84. The zero-order valence-electron chi connectivity index (χ0n) is 11.5. The Morgan fingerprint density at radius 2 is 1.95 bits per heavy atom. The van der Waals surface area contributed by atoms with Gasteiger partial charge in [-0.2, -0.15) is 0 Å². The highest BCUT2D eigenvalue weighted by Crippen LogP contribution is 2.31. The summed E-state index contributed by atoms with van der Waals surface area (Å²) >= 11 is 5.03. The molecule has 0 amide bonds. The topological polar surface area (TPSA) is 29.3 Å². The van der Waals surface area contributed by atoms with Crippen LogP contribution in [0.1, 0.15) is 38.2 Å². The molecule has 1 fully saturated rings. The molecule has 0 spiro atoms. The average Bonchev–Trinajstić information content (AvgIpc) is 2.38. The second kappa shape index (κ2) is 5.87. The average molecular weight is 280 g/mol. The minimum atomic E-state index is -0.294. The van der Waals surface area contributed by atoms with E-state index in [9.17, 15) is 4.39 Å². The minimum absolute atomic E-state index is 0.255. The summed E-state index contributed by atoms with van der Waals surface area (Å²) in [5.74, 6) is 0.519. The molecule has 19 heavy (non-hydrogen) atoms. The zero-order valence-corrected chi connectivity index (χ0v) is 12.3. The fourth-order valence-corrected chi connectivity index (χ4v) is 3.00.